The third-order valence-corrected chi connectivity index (χ3v) is 6.86. The molecule has 7 heteroatoms. The summed E-state index contributed by atoms with van der Waals surface area (Å²) in [7, 11) is 0. The number of fused-ring (bicyclic) bond motifs is 1. The summed E-state index contributed by atoms with van der Waals surface area (Å²) in [5.74, 6) is 0.925. The standard InChI is InChI=1S/C24H23N3O3S/c1-16-14-26(24(29)18-13-17-5-2-3-6-21(17)30-15-18)11-10-20(16)27-23(28)9-8-19(25-27)22-7-4-12-31-22/h2-9,12-13,16,20H,10-11,14-15H2,1H3/t16-,20+/m1/s1. The van der Waals surface area contributed by atoms with Crippen molar-refractivity contribution in [1.82, 2.24) is 14.7 Å². The highest BCUT2D eigenvalue weighted by Crippen LogP contribution is 2.31. The van der Waals surface area contributed by atoms with Crippen molar-refractivity contribution in [3.05, 3.63) is 75.4 Å². The van der Waals surface area contributed by atoms with Gasteiger partial charge >= 0.3 is 0 Å². The van der Waals surface area contributed by atoms with E-state index in [1.165, 1.54) is 0 Å². The Kier molecular flexibility index (Phi) is 5.19. The van der Waals surface area contributed by atoms with Crippen LogP contribution in [-0.2, 0) is 4.79 Å². The third-order valence-electron chi connectivity index (χ3n) is 5.97. The molecule has 31 heavy (non-hydrogen) atoms. The van der Waals surface area contributed by atoms with E-state index < -0.39 is 0 Å². The van der Waals surface area contributed by atoms with E-state index in [0.29, 0.717) is 25.1 Å². The highest BCUT2D eigenvalue weighted by molar-refractivity contribution is 7.13. The molecule has 0 spiro atoms. The molecule has 2 aliphatic rings. The lowest BCUT2D eigenvalue weighted by Crippen LogP contribution is -2.46. The number of hydrogen-bond donors (Lipinski definition) is 0. The van der Waals surface area contributed by atoms with Crippen LogP contribution in [0.3, 0.4) is 0 Å². The van der Waals surface area contributed by atoms with Gasteiger partial charge in [0.05, 0.1) is 16.5 Å². The highest BCUT2D eigenvalue weighted by Gasteiger charge is 2.33. The first kappa shape index (κ1) is 19.8. The van der Waals surface area contributed by atoms with Gasteiger partial charge in [-0.2, -0.15) is 5.10 Å². The Morgan fingerprint density at radius 2 is 2.03 bits per heavy atom. The lowest BCUT2D eigenvalue weighted by molar-refractivity contribution is -0.129. The van der Waals surface area contributed by atoms with E-state index in [1.807, 2.05) is 52.8 Å². The second kappa shape index (κ2) is 8.15. The average Bonchev–Trinajstić information content (AvgIpc) is 3.34. The molecule has 6 nitrogen and oxygen atoms in total. The van der Waals surface area contributed by atoms with Crippen molar-refractivity contribution in [2.45, 2.75) is 19.4 Å². The molecule has 1 fully saturated rings. The van der Waals surface area contributed by atoms with Crippen LogP contribution in [0.15, 0.2) is 64.3 Å². The van der Waals surface area contributed by atoms with Gasteiger partial charge in [-0.25, -0.2) is 4.68 Å². The van der Waals surface area contributed by atoms with Gasteiger partial charge in [0.1, 0.15) is 18.1 Å². The molecule has 1 saturated heterocycles. The molecule has 0 aliphatic carbocycles. The number of carbonyl (C=O) groups is 1. The van der Waals surface area contributed by atoms with Crippen molar-refractivity contribution in [3.8, 4) is 16.3 Å². The number of nitrogens with zero attached hydrogens (tertiary/aromatic N) is 3. The van der Waals surface area contributed by atoms with Gasteiger partial charge in [0.2, 0.25) is 0 Å². The Labute approximate surface area is 184 Å². The number of ether oxygens (including phenoxy) is 1. The summed E-state index contributed by atoms with van der Waals surface area (Å²) in [6.45, 7) is 3.54. The Bertz CT molecular complexity index is 1200. The van der Waals surface area contributed by atoms with Crippen LogP contribution in [0.2, 0.25) is 0 Å². The topological polar surface area (TPSA) is 64.4 Å². The quantitative estimate of drug-likeness (QED) is 0.629. The van der Waals surface area contributed by atoms with Gasteiger partial charge in [-0.15, -0.1) is 11.3 Å². The summed E-state index contributed by atoms with van der Waals surface area (Å²) in [5.41, 5.74) is 2.31. The zero-order valence-corrected chi connectivity index (χ0v) is 18.0. The molecule has 2 aliphatic heterocycles. The van der Waals surface area contributed by atoms with Gasteiger partial charge in [-0.05, 0) is 42.0 Å². The van der Waals surface area contributed by atoms with Gasteiger partial charge in [0.25, 0.3) is 11.5 Å². The zero-order valence-electron chi connectivity index (χ0n) is 17.2. The predicted octanol–water partition coefficient (Wildman–Crippen LogP) is 3.86. The maximum atomic E-state index is 13.1. The fourth-order valence-electron chi connectivity index (χ4n) is 4.34. The number of hydrogen-bond acceptors (Lipinski definition) is 5. The minimum Gasteiger partial charge on any atom is -0.488 e. The van der Waals surface area contributed by atoms with E-state index in [1.54, 1.807) is 28.2 Å². The lowest BCUT2D eigenvalue weighted by atomic mass is 9.93. The molecule has 0 saturated carbocycles. The Morgan fingerprint density at radius 1 is 1.16 bits per heavy atom. The monoisotopic (exact) mass is 433 g/mol. The number of benzene rings is 1. The van der Waals surface area contributed by atoms with E-state index in [9.17, 15) is 9.59 Å². The fraction of sp³-hybridized carbons (Fsp3) is 0.292. The van der Waals surface area contributed by atoms with Crippen molar-refractivity contribution < 1.29 is 9.53 Å². The van der Waals surface area contributed by atoms with Crippen LogP contribution in [0.5, 0.6) is 5.75 Å². The van der Waals surface area contributed by atoms with E-state index in [0.717, 1.165) is 21.9 Å². The third kappa shape index (κ3) is 3.81. The van der Waals surface area contributed by atoms with Crippen LogP contribution >= 0.6 is 11.3 Å². The van der Waals surface area contributed by atoms with Gasteiger partial charge < -0.3 is 9.64 Å². The first-order valence-electron chi connectivity index (χ1n) is 10.5. The molecule has 0 unspecified atom stereocenters. The first-order valence-corrected chi connectivity index (χ1v) is 11.3. The molecule has 2 aromatic heterocycles. The van der Waals surface area contributed by atoms with Crippen molar-refractivity contribution >= 4 is 23.3 Å². The van der Waals surface area contributed by atoms with Crippen LogP contribution in [0, 0.1) is 5.92 Å². The van der Waals surface area contributed by atoms with Crippen molar-refractivity contribution in [2.75, 3.05) is 19.7 Å². The Hall–Kier alpha value is -3.19. The fourth-order valence-corrected chi connectivity index (χ4v) is 5.03. The van der Waals surface area contributed by atoms with Crippen LogP contribution in [0.1, 0.15) is 24.9 Å². The van der Waals surface area contributed by atoms with Gasteiger partial charge in [0.15, 0.2) is 0 Å². The lowest BCUT2D eigenvalue weighted by Gasteiger charge is -2.37. The highest BCUT2D eigenvalue weighted by atomic mass is 32.1. The maximum Gasteiger partial charge on any atom is 0.267 e. The SMILES string of the molecule is C[C@@H]1CN(C(=O)C2=Cc3ccccc3OC2)CC[C@@H]1n1nc(-c2cccs2)ccc1=O. The molecule has 0 N–H and O–H groups in total. The summed E-state index contributed by atoms with van der Waals surface area (Å²) in [5, 5.41) is 6.65. The van der Waals surface area contributed by atoms with Crippen LogP contribution < -0.4 is 10.3 Å². The van der Waals surface area contributed by atoms with Gasteiger partial charge in [0, 0.05) is 24.7 Å². The summed E-state index contributed by atoms with van der Waals surface area (Å²) in [4.78, 5) is 28.6. The number of para-hydroxylation sites is 1. The summed E-state index contributed by atoms with van der Waals surface area (Å²) < 4.78 is 7.37. The molecule has 4 heterocycles. The molecular formula is C24H23N3O3S. The van der Waals surface area contributed by atoms with E-state index >= 15 is 0 Å². The molecular weight excluding hydrogens is 410 g/mol. The van der Waals surface area contributed by atoms with Crippen LogP contribution in [-0.4, -0.2) is 40.3 Å². The molecule has 158 valence electrons. The van der Waals surface area contributed by atoms with E-state index in [-0.39, 0.29) is 30.0 Å². The molecule has 0 bridgehead atoms. The molecule has 3 aromatic rings. The molecule has 2 atom stereocenters. The number of thiophene rings is 1. The molecule has 1 amide bonds. The number of carbonyl (C=O) groups excluding carboxylic acids is 1. The van der Waals surface area contributed by atoms with Crippen molar-refractivity contribution in [3.63, 3.8) is 0 Å². The van der Waals surface area contributed by atoms with Crippen molar-refractivity contribution in [2.24, 2.45) is 5.92 Å². The number of amides is 1. The number of aromatic nitrogens is 2. The second-order valence-corrected chi connectivity index (χ2v) is 9.01. The number of likely N-dealkylation sites (tertiary alicyclic amines) is 1. The molecule has 0 radical (unpaired) electrons. The molecule has 1 aromatic carbocycles. The Balaban J connectivity index is 1.33. The minimum atomic E-state index is -0.100. The zero-order chi connectivity index (χ0) is 21.4. The van der Waals surface area contributed by atoms with Gasteiger partial charge in [-0.1, -0.05) is 31.2 Å². The molecule has 5 rings (SSSR count). The second-order valence-electron chi connectivity index (χ2n) is 8.06. The smallest absolute Gasteiger partial charge is 0.267 e. The summed E-state index contributed by atoms with van der Waals surface area (Å²) >= 11 is 1.60. The largest absolute Gasteiger partial charge is 0.488 e. The Morgan fingerprint density at radius 3 is 2.84 bits per heavy atom. The maximum absolute atomic E-state index is 13.1. The normalized spacial score (nSPS) is 20.5. The van der Waals surface area contributed by atoms with Crippen LogP contribution in [0.25, 0.3) is 16.6 Å². The first-order chi connectivity index (χ1) is 15.1. The van der Waals surface area contributed by atoms with Crippen molar-refractivity contribution in [1.29, 1.82) is 0 Å². The summed E-state index contributed by atoms with van der Waals surface area (Å²) in [6, 6.07) is 15.1. The van der Waals surface area contributed by atoms with Gasteiger partial charge in [-0.3, -0.25) is 9.59 Å². The number of piperidine rings is 1. The number of rotatable bonds is 3. The average molecular weight is 434 g/mol. The van der Waals surface area contributed by atoms with E-state index in [4.69, 9.17) is 4.74 Å². The van der Waals surface area contributed by atoms with Crippen LogP contribution in [0.4, 0.5) is 0 Å². The van der Waals surface area contributed by atoms with E-state index in [2.05, 4.69) is 12.0 Å². The summed E-state index contributed by atoms with van der Waals surface area (Å²) in [6.07, 6.45) is 2.62. The minimum absolute atomic E-state index is 0.00689. The predicted molar refractivity (Wildman–Crippen MR) is 121 cm³/mol.